The molecule has 16 nitrogen and oxygen atoms in total. The number of hydrogen-bond acceptors (Lipinski definition) is 12. The molecule has 1 saturated heterocycles. The summed E-state index contributed by atoms with van der Waals surface area (Å²) in [7, 11) is -4.17. The van der Waals surface area contributed by atoms with Gasteiger partial charge >= 0.3 is 7.75 Å². The quantitative estimate of drug-likeness (QED) is 0.123. The molecule has 6 atom stereocenters. The number of anilines is 1. The van der Waals surface area contributed by atoms with Crippen LogP contribution in [-0.4, -0.2) is 67.4 Å². The molecule has 1 aromatic carbocycles. The van der Waals surface area contributed by atoms with Crippen molar-refractivity contribution in [1.29, 1.82) is 0 Å². The van der Waals surface area contributed by atoms with Gasteiger partial charge in [0.2, 0.25) is 11.8 Å². The Hall–Kier alpha value is -3.78. The number of Topliss-reactive ketones (excluding diaryl/α,β-unsaturated/α-hetero) is 1. The number of benzene rings is 1. The smallest absolute Gasteiger partial charge is 0.459 e. The third kappa shape index (κ3) is 5.87. The summed E-state index contributed by atoms with van der Waals surface area (Å²) in [5, 5.41) is 17.7. The lowest BCUT2D eigenvalue weighted by Crippen LogP contribution is -2.43. The average molecular weight is 576 g/mol. The lowest BCUT2D eigenvalue weighted by molar-refractivity contribution is -0.118. The number of nitrogens with two attached hydrogens (primary N) is 1. The molecule has 1 unspecified atom stereocenters. The highest BCUT2D eigenvalue weighted by Gasteiger charge is 2.55. The van der Waals surface area contributed by atoms with E-state index in [1.54, 1.807) is 37.3 Å². The van der Waals surface area contributed by atoms with Crippen LogP contribution in [0.25, 0.3) is 21.6 Å². The van der Waals surface area contributed by atoms with Crippen LogP contribution in [0.15, 0.2) is 41.8 Å². The third-order valence-corrected chi connectivity index (χ3v) is 7.94. The molecule has 0 aliphatic carbocycles. The zero-order valence-electron chi connectivity index (χ0n) is 22.2. The predicted molar refractivity (Wildman–Crippen MR) is 142 cm³/mol. The molecule has 1 aliphatic heterocycles. The monoisotopic (exact) mass is 575 g/mol. The van der Waals surface area contributed by atoms with Crippen LogP contribution in [0.3, 0.4) is 0 Å². The number of hydrogen-bond donors (Lipinski definition) is 3. The van der Waals surface area contributed by atoms with Gasteiger partial charge in [-0.3, -0.25) is 13.9 Å². The molecule has 3 aromatic rings. The second-order valence-corrected chi connectivity index (χ2v) is 10.9. The maximum Gasteiger partial charge on any atom is 0.459 e. The molecule has 17 heteroatoms. The molecule has 4 N–H and O–H groups in total. The number of ether oxygens (including phenoxy) is 2. The van der Waals surface area contributed by atoms with Gasteiger partial charge in [-0.05, 0) is 45.4 Å². The van der Waals surface area contributed by atoms with Crippen LogP contribution in [0.1, 0.15) is 33.9 Å². The van der Waals surface area contributed by atoms with E-state index in [2.05, 4.69) is 30.1 Å². The fourth-order valence-corrected chi connectivity index (χ4v) is 5.69. The Morgan fingerprint density at radius 3 is 2.77 bits per heavy atom. The highest BCUT2D eigenvalue weighted by atomic mass is 31.2. The highest BCUT2D eigenvalue weighted by Crippen LogP contribution is 2.48. The molecule has 0 radical (unpaired) electrons. The number of rotatable bonds is 12. The summed E-state index contributed by atoms with van der Waals surface area (Å²) in [6.45, 7) is 5.92. The fourth-order valence-electron chi connectivity index (χ4n) is 4.11. The van der Waals surface area contributed by atoms with Gasteiger partial charge in [0.1, 0.15) is 23.2 Å². The summed E-state index contributed by atoms with van der Waals surface area (Å²) in [6, 6.07) is 7.37. The van der Waals surface area contributed by atoms with Crippen molar-refractivity contribution in [3.05, 3.63) is 47.1 Å². The molecule has 1 aliphatic rings. The van der Waals surface area contributed by atoms with Crippen LogP contribution in [0, 0.1) is 0 Å². The van der Waals surface area contributed by atoms with Crippen LogP contribution in [0.5, 0.6) is 11.6 Å². The first-order chi connectivity index (χ1) is 19.0. The number of fused-ring (bicyclic) bond motifs is 1. The summed E-state index contributed by atoms with van der Waals surface area (Å²) in [6.07, 6.45) is -2.37. The Kier molecular flexibility index (Phi) is 8.59. The van der Waals surface area contributed by atoms with Gasteiger partial charge in [-0.25, -0.2) is 14.6 Å². The molecule has 1 fully saturated rings. The van der Waals surface area contributed by atoms with Crippen LogP contribution < -0.4 is 20.1 Å². The number of nitrogens with one attached hydrogen (secondary N) is 1. The van der Waals surface area contributed by atoms with E-state index in [1.165, 1.54) is 31.7 Å². The zero-order valence-corrected chi connectivity index (χ0v) is 23.1. The van der Waals surface area contributed by atoms with Crippen molar-refractivity contribution in [3.8, 4) is 11.6 Å². The molecule has 0 bridgehead atoms. The summed E-state index contributed by atoms with van der Waals surface area (Å²) in [4.78, 5) is 27.4. The van der Waals surface area contributed by atoms with E-state index in [-0.39, 0.29) is 34.5 Å². The number of aliphatic hydroxyl groups excluding tert-OH is 1. The number of aromatic nitrogens is 4. The number of ketones is 1. The molecular formula is C23H30N9O7P. The summed E-state index contributed by atoms with van der Waals surface area (Å²) in [5.74, 6) is -0.0112. The van der Waals surface area contributed by atoms with Crippen molar-refractivity contribution >= 4 is 30.6 Å². The molecule has 3 heterocycles. The first-order valence-corrected chi connectivity index (χ1v) is 13.9. The SMILES string of the molecule is CCOc1nc(N)nc2c1ncn2[C@@H]1O[C@H](COP(=O)(N[C@@H](C)C(C)=O)Oc2ccccc2)[C@@H](O)[C@@]1(C)N=[N+]=[N-]. The first kappa shape index (κ1) is 29.2. The minimum absolute atomic E-state index is 0.0914. The summed E-state index contributed by atoms with van der Waals surface area (Å²) in [5.41, 5.74) is 14.1. The van der Waals surface area contributed by atoms with E-state index in [9.17, 15) is 20.0 Å². The van der Waals surface area contributed by atoms with Gasteiger partial charge in [0.05, 0.1) is 31.7 Å². The minimum Gasteiger partial charge on any atom is -0.476 e. The zero-order chi connectivity index (χ0) is 29.1. The molecule has 4 rings (SSSR count). The second-order valence-electron chi connectivity index (χ2n) is 9.19. The van der Waals surface area contributed by atoms with Gasteiger partial charge < -0.3 is 24.8 Å². The van der Waals surface area contributed by atoms with Crippen molar-refractivity contribution in [2.75, 3.05) is 18.9 Å². The number of carbonyl (C=O) groups excluding carboxylic acids is 1. The van der Waals surface area contributed by atoms with Crippen molar-refractivity contribution < 1.29 is 33.0 Å². The largest absolute Gasteiger partial charge is 0.476 e. The molecule has 0 amide bonds. The number of azide groups is 1. The van der Waals surface area contributed by atoms with E-state index in [0.717, 1.165) is 0 Å². The molecule has 214 valence electrons. The van der Waals surface area contributed by atoms with Crippen LogP contribution in [-0.2, 0) is 18.6 Å². The summed E-state index contributed by atoms with van der Waals surface area (Å²) >= 11 is 0. The lowest BCUT2D eigenvalue weighted by Gasteiger charge is -2.28. The highest BCUT2D eigenvalue weighted by molar-refractivity contribution is 7.52. The molecule has 2 aromatic heterocycles. The first-order valence-electron chi connectivity index (χ1n) is 12.3. The number of imidazole rings is 1. The van der Waals surface area contributed by atoms with Gasteiger partial charge in [-0.15, -0.1) is 0 Å². The number of para-hydroxylation sites is 1. The van der Waals surface area contributed by atoms with Gasteiger partial charge in [0, 0.05) is 4.91 Å². The fraction of sp³-hybridized carbons (Fsp3) is 0.478. The van der Waals surface area contributed by atoms with Crippen molar-refractivity contribution in [2.24, 2.45) is 5.11 Å². The van der Waals surface area contributed by atoms with Crippen molar-refractivity contribution in [2.45, 2.75) is 57.7 Å². The Morgan fingerprint density at radius 1 is 1.40 bits per heavy atom. The normalized spacial score (nSPS) is 24.7. The number of nitrogen functional groups attached to an aromatic ring is 1. The van der Waals surface area contributed by atoms with Crippen molar-refractivity contribution in [1.82, 2.24) is 24.6 Å². The van der Waals surface area contributed by atoms with E-state index in [4.69, 9.17) is 24.3 Å². The Balaban J connectivity index is 1.64. The Labute approximate surface area is 229 Å². The van der Waals surface area contributed by atoms with E-state index in [0.29, 0.717) is 6.61 Å². The van der Waals surface area contributed by atoms with E-state index >= 15 is 0 Å². The van der Waals surface area contributed by atoms with E-state index < -0.39 is 44.4 Å². The summed E-state index contributed by atoms with van der Waals surface area (Å²) < 4.78 is 38.0. The van der Waals surface area contributed by atoms with Crippen LogP contribution in [0.4, 0.5) is 5.95 Å². The number of carbonyl (C=O) groups is 1. The Bertz CT molecular complexity index is 1470. The molecule has 0 spiro atoms. The Morgan fingerprint density at radius 2 is 2.12 bits per heavy atom. The maximum absolute atomic E-state index is 13.7. The molecule has 40 heavy (non-hydrogen) atoms. The lowest BCUT2D eigenvalue weighted by atomic mass is 9.93. The van der Waals surface area contributed by atoms with Crippen molar-refractivity contribution in [3.63, 3.8) is 0 Å². The average Bonchev–Trinajstić information content (AvgIpc) is 3.42. The molecular weight excluding hydrogens is 545 g/mol. The number of nitrogens with zero attached hydrogens (tertiary/aromatic N) is 7. The van der Waals surface area contributed by atoms with Gasteiger partial charge in [-0.2, -0.15) is 9.97 Å². The second kappa shape index (κ2) is 11.8. The molecule has 0 saturated carbocycles. The maximum atomic E-state index is 13.7. The topological polar surface area (TPSA) is 222 Å². The van der Waals surface area contributed by atoms with Gasteiger partial charge in [-0.1, -0.05) is 23.3 Å². The van der Waals surface area contributed by atoms with Gasteiger partial charge in [0.15, 0.2) is 17.4 Å². The standard InChI is InChI=1S/C23H30N9O7P/c1-5-36-20-17-19(27-22(24)28-20)32(12-26-17)21-23(4,30-31-25)18(34)16(38-21)11-37-40(35,29-13(2)14(3)33)39-15-9-7-6-8-10-15/h6-10,12-13,16,18,21,34H,5,11H2,1-4H3,(H,29,35)(H2,24,27,28)/t13-,16+,18+,21+,23+,40?/m0/s1. The van der Waals surface area contributed by atoms with Crippen LogP contribution in [0.2, 0.25) is 0 Å². The van der Waals surface area contributed by atoms with Gasteiger partial charge in [0.25, 0.3) is 0 Å². The van der Waals surface area contributed by atoms with Crippen LogP contribution >= 0.6 is 7.75 Å². The predicted octanol–water partition coefficient (Wildman–Crippen LogP) is 2.91. The third-order valence-electron chi connectivity index (χ3n) is 6.29. The minimum atomic E-state index is -4.17. The van der Waals surface area contributed by atoms with E-state index in [1.807, 2.05) is 0 Å². The number of aliphatic hydroxyl groups is 1.